The minimum atomic E-state index is -0.811. The van der Waals surface area contributed by atoms with E-state index in [4.69, 9.17) is 16.3 Å². The highest BCUT2D eigenvalue weighted by Gasteiger charge is 2.33. The smallest absolute Gasteiger partial charge is 0.263 e. The number of ether oxygens (including phenoxy) is 1. The van der Waals surface area contributed by atoms with Crippen molar-refractivity contribution in [3.8, 4) is 5.75 Å². The van der Waals surface area contributed by atoms with E-state index in [-0.39, 0.29) is 24.3 Å². The van der Waals surface area contributed by atoms with Crippen LogP contribution in [-0.4, -0.2) is 36.0 Å². The van der Waals surface area contributed by atoms with Gasteiger partial charge in [0.2, 0.25) is 5.91 Å². The fourth-order valence-electron chi connectivity index (χ4n) is 4.51. The standard InChI is InChI=1S/C27H24ClN3O3/c1-17(32)31-16-26(34-25-13-7-6-12-24(25)31)27(33)30-15-20(18-8-2-4-10-22(18)28)21-14-29-23-11-5-3-9-19(21)23/h2-14,20,26,29H,15-16H2,1H3,(H,30,33). The number of nitrogens with zero attached hydrogens (tertiary/aromatic N) is 1. The fraction of sp³-hybridized carbons (Fsp3) is 0.185. The van der Waals surface area contributed by atoms with E-state index in [9.17, 15) is 9.59 Å². The van der Waals surface area contributed by atoms with Gasteiger partial charge in [-0.3, -0.25) is 9.59 Å². The third-order valence-corrected chi connectivity index (χ3v) is 6.55. The number of para-hydroxylation sites is 3. The Morgan fingerprint density at radius 1 is 1.06 bits per heavy atom. The third kappa shape index (κ3) is 4.13. The van der Waals surface area contributed by atoms with Crippen LogP contribution < -0.4 is 15.0 Å². The second-order valence-electron chi connectivity index (χ2n) is 8.31. The van der Waals surface area contributed by atoms with Crippen molar-refractivity contribution in [2.45, 2.75) is 18.9 Å². The van der Waals surface area contributed by atoms with Crippen molar-refractivity contribution in [3.63, 3.8) is 0 Å². The lowest BCUT2D eigenvalue weighted by molar-refractivity contribution is -0.128. The topological polar surface area (TPSA) is 74.4 Å². The Morgan fingerprint density at radius 2 is 1.79 bits per heavy atom. The molecule has 0 spiro atoms. The molecule has 0 saturated heterocycles. The SMILES string of the molecule is CC(=O)N1CC(C(=O)NCC(c2ccccc2Cl)c2c[nH]c3ccccc23)Oc2ccccc21. The number of hydrogen-bond donors (Lipinski definition) is 2. The zero-order valence-electron chi connectivity index (χ0n) is 18.6. The van der Waals surface area contributed by atoms with Gasteiger partial charge in [0.05, 0.1) is 12.2 Å². The fourth-order valence-corrected chi connectivity index (χ4v) is 4.78. The molecule has 7 heteroatoms. The minimum Gasteiger partial charge on any atom is -0.477 e. The lowest BCUT2D eigenvalue weighted by Gasteiger charge is -2.33. The van der Waals surface area contributed by atoms with Gasteiger partial charge in [-0.15, -0.1) is 0 Å². The van der Waals surface area contributed by atoms with Gasteiger partial charge in [0.15, 0.2) is 6.10 Å². The van der Waals surface area contributed by atoms with Crippen molar-refractivity contribution in [1.82, 2.24) is 10.3 Å². The average Bonchev–Trinajstić information content (AvgIpc) is 3.28. The van der Waals surface area contributed by atoms with Gasteiger partial charge in [0.25, 0.3) is 5.91 Å². The maximum absolute atomic E-state index is 13.2. The van der Waals surface area contributed by atoms with Crippen LogP contribution in [0.5, 0.6) is 5.75 Å². The van der Waals surface area contributed by atoms with Crippen LogP contribution in [0.2, 0.25) is 5.02 Å². The first-order valence-corrected chi connectivity index (χ1v) is 11.5. The summed E-state index contributed by atoms with van der Waals surface area (Å²) in [6.07, 6.45) is 1.16. The van der Waals surface area contributed by atoms with Gasteiger partial charge >= 0.3 is 0 Å². The molecule has 3 aromatic carbocycles. The number of aromatic nitrogens is 1. The van der Waals surface area contributed by atoms with Gasteiger partial charge in [0.1, 0.15) is 5.75 Å². The molecule has 4 aromatic rings. The number of rotatable bonds is 5. The normalized spacial score (nSPS) is 15.9. The van der Waals surface area contributed by atoms with E-state index in [1.165, 1.54) is 6.92 Å². The molecule has 5 rings (SSSR count). The predicted octanol–water partition coefficient (Wildman–Crippen LogP) is 4.88. The van der Waals surface area contributed by atoms with Crippen molar-refractivity contribution >= 4 is 40.0 Å². The molecule has 0 bridgehead atoms. The van der Waals surface area contributed by atoms with Crippen LogP contribution in [0.15, 0.2) is 79.0 Å². The molecule has 2 N–H and O–H groups in total. The van der Waals surface area contributed by atoms with Crippen molar-refractivity contribution in [3.05, 3.63) is 95.1 Å². The molecule has 34 heavy (non-hydrogen) atoms. The summed E-state index contributed by atoms with van der Waals surface area (Å²) in [7, 11) is 0. The Kier molecular flexibility index (Phi) is 5.99. The van der Waals surface area contributed by atoms with Crippen LogP contribution in [0.3, 0.4) is 0 Å². The Labute approximate surface area is 202 Å². The highest BCUT2D eigenvalue weighted by Crippen LogP contribution is 2.35. The van der Waals surface area contributed by atoms with Crippen LogP contribution in [-0.2, 0) is 9.59 Å². The summed E-state index contributed by atoms with van der Waals surface area (Å²) in [4.78, 5) is 30.3. The molecule has 2 heterocycles. The predicted molar refractivity (Wildman–Crippen MR) is 133 cm³/mol. The van der Waals surface area contributed by atoms with Crippen molar-refractivity contribution < 1.29 is 14.3 Å². The summed E-state index contributed by atoms with van der Waals surface area (Å²) in [6.45, 7) is 1.97. The summed E-state index contributed by atoms with van der Waals surface area (Å²) in [5.74, 6) is -0.0732. The molecule has 2 amide bonds. The maximum atomic E-state index is 13.2. The van der Waals surface area contributed by atoms with Gasteiger partial charge in [0, 0.05) is 41.5 Å². The molecule has 2 atom stereocenters. The lowest BCUT2D eigenvalue weighted by atomic mass is 9.90. The van der Waals surface area contributed by atoms with E-state index in [1.807, 2.05) is 66.9 Å². The first-order valence-electron chi connectivity index (χ1n) is 11.1. The van der Waals surface area contributed by atoms with Crippen LogP contribution in [0.1, 0.15) is 24.0 Å². The minimum absolute atomic E-state index is 0.138. The largest absolute Gasteiger partial charge is 0.477 e. The molecular formula is C27H24ClN3O3. The number of carbonyl (C=O) groups excluding carboxylic acids is 2. The van der Waals surface area contributed by atoms with Crippen molar-refractivity contribution in [1.29, 1.82) is 0 Å². The van der Waals surface area contributed by atoms with Gasteiger partial charge in [-0.25, -0.2) is 0 Å². The van der Waals surface area contributed by atoms with Crippen molar-refractivity contribution in [2.24, 2.45) is 0 Å². The number of nitrogens with one attached hydrogen (secondary N) is 2. The number of aromatic amines is 1. The number of hydrogen-bond acceptors (Lipinski definition) is 3. The van der Waals surface area contributed by atoms with Gasteiger partial charge in [-0.2, -0.15) is 0 Å². The van der Waals surface area contributed by atoms with Crippen LogP contribution in [0.25, 0.3) is 10.9 Å². The Morgan fingerprint density at radius 3 is 2.62 bits per heavy atom. The average molecular weight is 474 g/mol. The van der Waals surface area contributed by atoms with Gasteiger partial charge in [-0.1, -0.05) is 60.1 Å². The van der Waals surface area contributed by atoms with Crippen LogP contribution >= 0.6 is 11.6 Å². The number of fused-ring (bicyclic) bond motifs is 2. The summed E-state index contributed by atoms with van der Waals surface area (Å²) in [5.41, 5.74) is 3.66. The highest BCUT2D eigenvalue weighted by atomic mass is 35.5. The molecule has 0 saturated carbocycles. The second kappa shape index (κ2) is 9.23. The van der Waals surface area contributed by atoms with Gasteiger partial charge in [-0.05, 0) is 35.4 Å². The Balaban J connectivity index is 1.41. The van der Waals surface area contributed by atoms with E-state index in [2.05, 4.69) is 16.4 Å². The number of H-pyrrole nitrogens is 1. The zero-order chi connectivity index (χ0) is 23.7. The number of amides is 2. The molecule has 172 valence electrons. The molecule has 6 nitrogen and oxygen atoms in total. The van der Waals surface area contributed by atoms with E-state index >= 15 is 0 Å². The van der Waals surface area contributed by atoms with E-state index < -0.39 is 6.10 Å². The van der Waals surface area contributed by atoms with Crippen LogP contribution in [0, 0.1) is 0 Å². The van der Waals surface area contributed by atoms with Crippen molar-refractivity contribution in [2.75, 3.05) is 18.0 Å². The molecule has 0 fully saturated rings. The lowest BCUT2D eigenvalue weighted by Crippen LogP contribution is -2.50. The van der Waals surface area contributed by atoms with Gasteiger partial charge < -0.3 is 19.9 Å². The second-order valence-corrected chi connectivity index (χ2v) is 8.72. The number of benzene rings is 3. The Bertz CT molecular complexity index is 1370. The number of halogens is 1. The molecule has 2 unspecified atom stereocenters. The first-order chi connectivity index (χ1) is 16.5. The highest BCUT2D eigenvalue weighted by molar-refractivity contribution is 6.31. The quantitative estimate of drug-likeness (QED) is 0.433. The summed E-state index contributed by atoms with van der Waals surface area (Å²) >= 11 is 6.57. The maximum Gasteiger partial charge on any atom is 0.263 e. The molecule has 1 aliphatic heterocycles. The third-order valence-electron chi connectivity index (χ3n) is 6.20. The molecule has 0 aliphatic carbocycles. The molecule has 1 aliphatic rings. The molecule has 0 radical (unpaired) electrons. The zero-order valence-corrected chi connectivity index (χ0v) is 19.4. The van der Waals surface area contributed by atoms with Crippen LogP contribution in [0.4, 0.5) is 5.69 Å². The summed E-state index contributed by atoms with van der Waals surface area (Å²) in [6, 6.07) is 23.0. The molecule has 1 aromatic heterocycles. The van der Waals surface area contributed by atoms with E-state index in [0.29, 0.717) is 23.0 Å². The first kappa shape index (κ1) is 22.0. The monoisotopic (exact) mass is 473 g/mol. The van der Waals surface area contributed by atoms with E-state index in [0.717, 1.165) is 22.0 Å². The van der Waals surface area contributed by atoms with E-state index in [1.54, 1.807) is 11.0 Å². The molecular weight excluding hydrogens is 450 g/mol. The summed E-state index contributed by atoms with van der Waals surface area (Å²) < 4.78 is 5.96. The number of carbonyl (C=O) groups is 2. The Hall–Kier alpha value is -3.77. The number of anilines is 1. The summed E-state index contributed by atoms with van der Waals surface area (Å²) in [5, 5.41) is 4.76.